The number of quaternary nitrogens is 1. The van der Waals surface area contributed by atoms with E-state index in [4.69, 9.17) is 10.2 Å². The van der Waals surface area contributed by atoms with Gasteiger partial charge in [-0.15, -0.1) is 0 Å². The molecule has 0 aromatic rings. The number of aliphatic hydroxyl groups is 2. The molecule has 0 bridgehead atoms. The van der Waals surface area contributed by atoms with Gasteiger partial charge >= 0.3 is 0 Å². The van der Waals surface area contributed by atoms with E-state index in [1.54, 1.807) is 0 Å². The van der Waals surface area contributed by atoms with E-state index in [-0.39, 0.29) is 6.61 Å². The summed E-state index contributed by atoms with van der Waals surface area (Å²) in [7, 11) is 1.11. The Labute approximate surface area is 89.1 Å². The third kappa shape index (κ3) is 8.95. The Hall–Kier alpha value is -0.0100. The van der Waals surface area contributed by atoms with Crippen LogP contribution in [0.15, 0.2) is 0 Å². The maximum Gasteiger partial charge on any atom is 0.270 e. The molecule has 0 aromatic heterocycles. The second-order valence-corrected chi connectivity index (χ2v) is 5.40. The molecule has 0 aromatic carbocycles. The Kier molecular flexibility index (Phi) is 5.90. The first kappa shape index (κ1) is 15.0. The molecule has 0 saturated carbocycles. The molecule has 8 heteroatoms. The van der Waals surface area contributed by atoms with Gasteiger partial charge in [-0.1, -0.05) is 0 Å². The summed E-state index contributed by atoms with van der Waals surface area (Å²) >= 11 is 0. The summed E-state index contributed by atoms with van der Waals surface area (Å²) in [5.74, 6) is 0. The van der Waals surface area contributed by atoms with Gasteiger partial charge in [0.2, 0.25) is 0 Å². The van der Waals surface area contributed by atoms with Crippen molar-refractivity contribution < 1.29 is 33.2 Å². The lowest BCUT2D eigenvalue weighted by Gasteiger charge is -2.28. The number of hydrogen-bond donors (Lipinski definition) is 2. The number of rotatable bonds is 7. The van der Waals surface area contributed by atoms with E-state index in [2.05, 4.69) is 9.05 Å². The zero-order chi connectivity index (χ0) is 12.1. The van der Waals surface area contributed by atoms with Crippen LogP contribution in [0.4, 0.5) is 0 Å². The van der Waals surface area contributed by atoms with Crippen molar-refractivity contribution in [2.45, 2.75) is 6.29 Å². The number of likely N-dealkylation sites (N-methyl/N-ethyl adjacent to an activating group) is 1. The highest BCUT2D eigenvalue weighted by Gasteiger charge is 2.16. The van der Waals surface area contributed by atoms with Gasteiger partial charge in [0, 0.05) is 0 Å². The molecule has 0 fully saturated rings. The van der Waals surface area contributed by atoms with E-state index in [0.717, 1.165) is 0 Å². The first-order chi connectivity index (χ1) is 6.66. The van der Waals surface area contributed by atoms with E-state index in [9.17, 15) is 9.46 Å². The average molecular weight is 243 g/mol. The minimum atomic E-state index is -4.52. The molecule has 92 valence electrons. The summed E-state index contributed by atoms with van der Waals surface area (Å²) in [6.07, 6.45) is -1.77. The minimum Gasteiger partial charge on any atom is -0.756 e. The van der Waals surface area contributed by atoms with Crippen LogP contribution >= 0.6 is 7.82 Å². The Morgan fingerprint density at radius 1 is 1.47 bits per heavy atom. The van der Waals surface area contributed by atoms with Crippen LogP contribution in [-0.2, 0) is 13.6 Å². The van der Waals surface area contributed by atoms with Crippen molar-refractivity contribution in [1.82, 2.24) is 0 Å². The fraction of sp³-hybridized carbons (Fsp3) is 1.00. The van der Waals surface area contributed by atoms with Crippen LogP contribution in [0, 0.1) is 0 Å². The molecule has 0 heterocycles. The predicted octanol–water partition coefficient (Wildman–Crippen LogP) is -1.50. The Bertz CT molecular complexity index is 228. The lowest BCUT2D eigenvalue weighted by atomic mass is 10.5. The van der Waals surface area contributed by atoms with Gasteiger partial charge < -0.3 is 24.1 Å². The van der Waals surface area contributed by atoms with Gasteiger partial charge in [-0.3, -0.25) is 9.09 Å². The van der Waals surface area contributed by atoms with Gasteiger partial charge in [0.25, 0.3) is 7.82 Å². The topological polar surface area (TPSA) is 99.1 Å². The van der Waals surface area contributed by atoms with Crippen LogP contribution in [0.5, 0.6) is 0 Å². The first-order valence-corrected chi connectivity index (χ1v) is 5.86. The molecule has 0 radical (unpaired) electrons. The fourth-order valence-corrected chi connectivity index (χ4v) is 1.37. The van der Waals surface area contributed by atoms with E-state index >= 15 is 0 Å². The highest BCUT2D eigenvalue weighted by Crippen LogP contribution is 2.39. The van der Waals surface area contributed by atoms with E-state index in [1.807, 2.05) is 21.1 Å². The molecule has 0 spiro atoms. The number of aliphatic hydroxyl groups excluding tert-OH is 2. The Balaban J connectivity index is 3.90. The fourth-order valence-electron chi connectivity index (χ4n) is 0.639. The summed E-state index contributed by atoms with van der Waals surface area (Å²) in [6, 6.07) is 0. The lowest BCUT2D eigenvalue weighted by molar-refractivity contribution is -0.870. The maximum absolute atomic E-state index is 11.0. The monoisotopic (exact) mass is 243 g/mol. The zero-order valence-electron chi connectivity index (χ0n) is 9.12. The van der Waals surface area contributed by atoms with Crippen molar-refractivity contribution in [2.24, 2.45) is 0 Å². The van der Waals surface area contributed by atoms with Crippen molar-refractivity contribution in [2.75, 3.05) is 40.9 Å². The largest absolute Gasteiger partial charge is 0.756 e. The van der Waals surface area contributed by atoms with Crippen LogP contribution in [0.1, 0.15) is 0 Å². The second-order valence-electron chi connectivity index (χ2n) is 4.04. The molecule has 0 rings (SSSR count). The predicted molar refractivity (Wildman–Crippen MR) is 50.6 cm³/mol. The maximum atomic E-state index is 11.0. The van der Waals surface area contributed by atoms with Gasteiger partial charge in [0.15, 0.2) is 6.29 Å². The highest BCUT2D eigenvalue weighted by atomic mass is 31.2. The molecule has 1 unspecified atom stereocenters. The molecule has 0 amide bonds. The summed E-state index contributed by atoms with van der Waals surface area (Å²) in [6.45, 7) is -0.363. The summed E-state index contributed by atoms with van der Waals surface area (Å²) in [5, 5.41) is 17.1. The van der Waals surface area contributed by atoms with Crippen LogP contribution in [-0.4, -0.2) is 61.9 Å². The molecular formula is C7H18NO6P. The molecule has 2 atom stereocenters. The Morgan fingerprint density at radius 3 is 2.40 bits per heavy atom. The molecule has 15 heavy (non-hydrogen) atoms. The Morgan fingerprint density at radius 2 is 2.00 bits per heavy atom. The molecule has 0 saturated heterocycles. The van der Waals surface area contributed by atoms with Crippen molar-refractivity contribution in [3.8, 4) is 0 Å². The molecular weight excluding hydrogens is 225 g/mol. The van der Waals surface area contributed by atoms with Crippen molar-refractivity contribution in [1.29, 1.82) is 0 Å². The number of phosphoric acid groups is 1. The summed E-state index contributed by atoms with van der Waals surface area (Å²) in [4.78, 5) is 11.0. The van der Waals surface area contributed by atoms with Crippen LogP contribution in [0.2, 0.25) is 0 Å². The number of nitrogens with zero attached hydrogens (tertiary/aromatic N) is 1. The van der Waals surface area contributed by atoms with Gasteiger partial charge in [0.1, 0.15) is 13.2 Å². The average Bonchev–Trinajstić information content (AvgIpc) is 2.00. The smallest absolute Gasteiger partial charge is 0.270 e. The second kappa shape index (κ2) is 5.91. The van der Waals surface area contributed by atoms with Gasteiger partial charge in [-0.25, -0.2) is 0 Å². The molecule has 0 aliphatic heterocycles. The third-order valence-corrected chi connectivity index (χ3v) is 2.42. The van der Waals surface area contributed by atoms with Crippen LogP contribution in [0.25, 0.3) is 0 Å². The van der Waals surface area contributed by atoms with Gasteiger partial charge in [-0.05, 0) is 0 Å². The SMILES string of the molecule is C[N+](C)(C)CCOP(=O)([O-])O[C@H](O)CO. The van der Waals surface area contributed by atoms with Gasteiger partial charge in [-0.2, -0.15) is 0 Å². The quantitative estimate of drug-likeness (QED) is 0.321. The standard InChI is InChI=1S/C7H18NO6P/c1-8(2,3)4-5-13-15(11,12)14-7(10)6-9/h7,9-10H,4-6H2,1-3H3/t7-/m0/s1. The lowest BCUT2D eigenvalue weighted by Crippen LogP contribution is -2.37. The van der Waals surface area contributed by atoms with Gasteiger partial charge in [0.05, 0.1) is 27.7 Å². The van der Waals surface area contributed by atoms with Crippen LogP contribution < -0.4 is 4.89 Å². The summed E-state index contributed by atoms with van der Waals surface area (Å²) < 4.78 is 20.1. The third-order valence-electron chi connectivity index (χ3n) is 1.42. The van der Waals surface area contributed by atoms with Crippen molar-refractivity contribution in [3.63, 3.8) is 0 Å². The number of hydrogen-bond acceptors (Lipinski definition) is 6. The van der Waals surface area contributed by atoms with Crippen molar-refractivity contribution >= 4 is 7.82 Å². The van der Waals surface area contributed by atoms with E-state index < -0.39 is 20.7 Å². The molecule has 0 aliphatic rings. The summed E-state index contributed by atoms with van der Waals surface area (Å²) in [5.41, 5.74) is 0. The van der Waals surface area contributed by atoms with E-state index in [0.29, 0.717) is 11.0 Å². The number of phosphoric ester groups is 1. The molecule has 2 N–H and O–H groups in total. The normalized spacial score (nSPS) is 18.5. The molecule has 7 nitrogen and oxygen atoms in total. The molecule has 0 aliphatic carbocycles. The zero-order valence-corrected chi connectivity index (χ0v) is 10.0. The van der Waals surface area contributed by atoms with Crippen LogP contribution in [0.3, 0.4) is 0 Å². The van der Waals surface area contributed by atoms with E-state index in [1.165, 1.54) is 0 Å². The highest BCUT2D eigenvalue weighted by molar-refractivity contribution is 7.45. The minimum absolute atomic E-state index is 0.0393. The van der Waals surface area contributed by atoms with Crippen molar-refractivity contribution in [3.05, 3.63) is 0 Å². The first-order valence-electron chi connectivity index (χ1n) is 4.40.